The topological polar surface area (TPSA) is 29.3 Å². The van der Waals surface area contributed by atoms with Crippen LogP contribution in [0.25, 0.3) is 11.1 Å². The summed E-state index contributed by atoms with van der Waals surface area (Å²) >= 11 is 0. The quantitative estimate of drug-likeness (QED) is 0.782. The van der Waals surface area contributed by atoms with E-state index >= 15 is 0 Å². The van der Waals surface area contributed by atoms with E-state index in [0.717, 1.165) is 30.0 Å². The summed E-state index contributed by atoms with van der Waals surface area (Å²) in [6, 6.07) is 7.27. The first-order valence-corrected chi connectivity index (χ1v) is 6.84. The van der Waals surface area contributed by atoms with Crippen molar-refractivity contribution in [1.82, 2.24) is 10.1 Å². The number of aromatic nitrogens is 1. The van der Waals surface area contributed by atoms with E-state index in [1.165, 1.54) is 16.7 Å². The fraction of sp³-hybridized carbons (Fsp3) is 0.438. The Hall–Kier alpha value is -1.61. The molecule has 2 aromatic rings. The van der Waals surface area contributed by atoms with E-state index in [4.69, 9.17) is 4.52 Å². The number of hydrogen-bond acceptors (Lipinski definition) is 3. The van der Waals surface area contributed by atoms with Crippen molar-refractivity contribution in [3.8, 4) is 11.1 Å². The molecule has 1 aliphatic heterocycles. The Morgan fingerprint density at radius 3 is 2.79 bits per heavy atom. The van der Waals surface area contributed by atoms with Crippen LogP contribution < -0.4 is 0 Å². The molecule has 1 aliphatic rings. The van der Waals surface area contributed by atoms with Crippen LogP contribution in [0.4, 0.5) is 0 Å². The van der Waals surface area contributed by atoms with Gasteiger partial charge in [0.15, 0.2) is 0 Å². The molecule has 0 bridgehead atoms. The second kappa shape index (κ2) is 4.49. The Morgan fingerprint density at radius 2 is 2.11 bits per heavy atom. The monoisotopic (exact) mass is 256 g/mol. The van der Waals surface area contributed by atoms with Crippen LogP contribution in [0.2, 0.25) is 0 Å². The van der Waals surface area contributed by atoms with Crippen LogP contribution in [0.5, 0.6) is 0 Å². The van der Waals surface area contributed by atoms with Crippen molar-refractivity contribution in [3.63, 3.8) is 0 Å². The van der Waals surface area contributed by atoms with E-state index in [0.29, 0.717) is 6.04 Å². The first kappa shape index (κ1) is 12.4. The van der Waals surface area contributed by atoms with Crippen LogP contribution in [0.3, 0.4) is 0 Å². The maximum absolute atomic E-state index is 5.27. The Bertz CT molecular complexity index is 596. The van der Waals surface area contributed by atoms with Crippen LogP contribution >= 0.6 is 0 Å². The predicted octanol–water partition coefficient (Wildman–Crippen LogP) is 3.51. The SMILES string of the molecule is Cc1noc(C)c1-c1ccc2c(c1)CCN(C)C2C. The van der Waals surface area contributed by atoms with Crippen LogP contribution in [-0.2, 0) is 6.42 Å². The Labute approximate surface area is 114 Å². The van der Waals surface area contributed by atoms with E-state index in [2.05, 4.69) is 42.2 Å². The number of nitrogens with zero attached hydrogens (tertiary/aromatic N) is 2. The molecule has 100 valence electrons. The van der Waals surface area contributed by atoms with Gasteiger partial charge in [0.25, 0.3) is 0 Å². The average Bonchev–Trinajstić information content (AvgIpc) is 2.73. The van der Waals surface area contributed by atoms with E-state index in [9.17, 15) is 0 Å². The number of fused-ring (bicyclic) bond motifs is 1. The van der Waals surface area contributed by atoms with Crippen molar-refractivity contribution in [1.29, 1.82) is 0 Å². The molecule has 1 atom stereocenters. The Morgan fingerprint density at radius 1 is 1.32 bits per heavy atom. The zero-order valence-corrected chi connectivity index (χ0v) is 12.0. The second-order valence-corrected chi connectivity index (χ2v) is 5.52. The van der Waals surface area contributed by atoms with Crippen LogP contribution in [0.15, 0.2) is 22.7 Å². The van der Waals surface area contributed by atoms with Gasteiger partial charge in [-0.05, 0) is 50.9 Å². The molecular formula is C16H20N2O. The zero-order chi connectivity index (χ0) is 13.6. The first-order valence-electron chi connectivity index (χ1n) is 6.84. The van der Waals surface area contributed by atoms with E-state index in [1.54, 1.807) is 0 Å². The third kappa shape index (κ3) is 1.98. The van der Waals surface area contributed by atoms with Gasteiger partial charge < -0.3 is 4.52 Å². The van der Waals surface area contributed by atoms with Gasteiger partial charge >= 0.3 is 0 Å². The van der Waals surface area contributed by atoms with Gasteiger partial charge in [-0.3, -0.25) is 4.90 Å². The van der Waals surface area contributed by atoms with Gasteiger partial charge in [-0.15, -0.1) is 0 Å². The lowest BCUT2D eigenvalue weighted by Crippen LogP contribution is -2.30. The molecule has 3 nitrogen and oxygen atoms in total. The molecule has 2 heterocycles. The van der Waals surface area contributed by atoms with Crippen molar-refractivity contribution < 1.29 is 4.52 Å². The molecule has 0 saturated heterocycles. The van der Waals surface area contributed by atoms with Crippen LogP contribution in [-0.4, -0.2) is 23.6 Å². The van der Waals surface area contributed by atoms with Gasteiger partial charge in [0.1, 0.15) is 5.76 Å². The first-order chi connectivity index (χ1) is 9.08. The minimum atomic E-state index is 0.502. The van der Waals surface area contributed by atoms with E-state index in [1.807, 2.05) is 13.8 Å². The summed E-state index contributed by atoms with van der Waals surface area (Å²) in [4.78, 5) is 2.40. The molecule has 3 heteroatoms. The molecule has 1 unspecified atom stereocenters. The highest BCUT2D eigenvalue weighted by Gasteiger charge is 2.22. The second-order valence-electron chi connectivity index (χ2n) is 5.52. The van der Waals surface area contributed by atoms with Crippen molar-refractivity contribution in [2.75, 3.05) is 13.6 Å². The summed E-state index contributed by atoms with van der Waals surface area (Å²) in [6.07, 6.45) is 1.12. The highest BCUT2D eigenvalue weighted by Crippen LogP contribution is 2.33. The van der Waals surface area contributed by atoms with Crippen molar-refractivity contribution in [3.05, 3.63) is 40.8 Å². The minimum absolute atomic E-state index is 0.502. The average molecular weight is 256 g/mol. The fourth-order valence-electron chi connectivity index (χ4n) is 3.01. The standard InChI is InChI=1S/C16H20N2O/c1-10-16(12(3)19-17-10)14-5-6-15-11(2)18(4)8-7-13(15)9-14/h5-6,9,11H,7-8H2,1-4H3. The smallest absolute Gasteiger partial charge is 0.141 e. The van der Waals surface area contributed by atoms with Crippen molar-refractivity contribution in [2.24, 2.45) is 0 Å². The third-order valence-electron chi connectivity index (χ3n) is 4.31. The zero-order valence-electron chi connectivity index (χ0n) is 12.0. The van der Waals surface area contributed by atoms with Gasteiger partial charge in [-0.25, -0.2) is 0 Å². The van der Waals surface area contributed by atoms with Gasteiger partial charge in [0.05, 0.1) is 5.69 Å². The summed E-state index contributed by atoms with van der Waals surface area (Å²) < 4.78 is 5.27. The molecule has 0 aliphatic carbocycles. The highest BCUT2D eigenvalue weighted by molar-refractivity contribution is 5.69. The Balaban J connectivity index is 2.08. The lowest BCUT2D eigenvalue weighted by molar-refractivity contribution is 0.247. The maximum atomic E-state index is 5.27. The molecule has 0 amide bonds. The Kier molecular flexibility index (Phi) is 2.94. The highest BCUT2D eigenvalue weighted by atomic mass is 16.5. The summed E-state index contributed by atoms with van der Waals surface area (Å²) in [6.45, 7) is 7.37. The molecule has 0 spiro atoms. The van der Waals surface area contributed by atoms with Crippen molar-refractivity contribution >= 4 is 0 Å². The largest absolute Gasteiger partial charge is 0.361 e. The lowest BCUT2D eigenvalue weighted by atomic mass is 9.90. The number of aryl methyl sites for hydroxylation is 2. The molecule has 0 fully saturated rings. The van der Waals surface area contributed by atoms with Crippen LogP contribution in [0, 0.1) is 13.8 Å². The number of hydrogen-bond donors (Lipinski definition) is 0. The molecule has 19 heavy (non-hydrogen) atoms. The molecule has 0 N–H and O–H groups in total. The summed E-state index contributed by atoms with van der Waals surface area (Å²) in [5, 5.41) is 4.05. The number of benzene rings is 1. The normalized spacial score (nSPS) is 19.5. The number of rotatable bonds is 1. The maximum Gasteiger partial charge on any atom is 0.141 e. The van der Waals surface area contributed by atoms with Crippen LogP contribution in [0.1, 0.15) is 35.5 Å². The predicted molar refractivity (Wildman–Crippen MR) is 76.2 cm³/mol. The fourth-order valence-corrected chi connectivity index (χ4v) is 3.01. The summed E-state index contributed by atoms with van der Waals surface area (Å²) in [7, 11) is 2.19. The lowest BCUT2D eigenvalue weighted by Gasteiger charge is -2.32. The molecule has 0 radical (unpaired) electrons. The molecular weight excluding hydrogens is 236 g/mol. The van der Waals surface area contributed by atoms with Gasteiger partial charge in [-0.2, -0.15) is 0 Å². The van der Waals surface area contributed by atoms with Crippen molar-refractivity contribution in [2.45, 2.75) is 33.2 Å². The molecule has 1 aromatic heterocycles. The number of likely N-dealkylation sites (N-methyl/N-ethyl adjacent to an activating group) is 1. The van der Waals surface area contributed by atoms with Gasteiger partial charge in [-0.1, -0.05) is 23.4 Å². The molecule has 1 aromatic carbocycles. The van der Waals surface area contributed by atoms with E-state index < -0.39 is 0 Å². The van der Waals surface area contributed by atoms with E-state index in [-0.39, 0.29) is 0 Å². The van der Waals surface area contributed by atoms with Gasteiger partial charge in [0, 0.05) is 18.2 Å². The molecule has 3 rings (SSSR count). The summed E-state index contributed by atoms with van der Waals surface area (Å²) in [5.41, 5.74) is 6.26. The third-order valence-corrected chi connectivity index (χ3v) is 4.31. The van der Waals surface area contributed by atoms with Gasteiger partial charge in [0.2, 0.25) is 0 Å². The minimum Gasteiger partial charge on any atom is -0.361 e. The molecule has 0 saturated carbocycles. The summed E-state index contributed by atoms with van der Waals surface area (Å²) in [5.74, 6) is 0.901.